The highest BCUT2D eigenvalue weighted by atomic mass is 16.8. The Balaban J connectivity index is 1.39. The van der Waals surface area contributed by atoms with E-state index in [4.69, 9.17) is 9.47 Å². The molecule has 5 aliphatic rings. The van der Waals surface area contributed by atoms with Crippen LogP contribution in [0.4, 0.5) is 0 Å². The van der Waals surface area contributed by atoms with Gasteiger partial charge in [-0.3, -0.25) is 9.59 Å². The molecule has 0 radical (unpaired) electrons. The molecule has 0 unspecified atom stereocenters. The second kappa shape index (κ2) is 7.85. The molecule has 190 valence electrons. The number of carbonyl (C=O) groups is 2. The number of hydrogen-bond acceptors (Lipinski definition) is 4. The number of hydrogen-bond donors (Lipinski definition) is 0. The van der Waals surface area contributed by atoms with Crippen LogP contribution in [-0.4, -0.2) is 29.1 Å². The van der Waals surface area contributed by atoms with Crippen LogP contribution in [0, 0.1) is 28.6 Å². The number of allylic oxidation sites excluding steroid dienone is 2. The first-order valence-electron chi connectivity index (χ1n) is 13.6. The Kier molecular flexibility index (Phi) is 5.25. The van der Waals surface area contributed by atoms with Gasteiger partial charge in [-0.15, -0.1) is 0 Å². The van der Waals surface area contributed by atoms with E-state index in [0.717, 1.165) is 43.2 Å². The fourth-order valence-corrected chi connectivity index (χ4v) is 8.96. The third-order valence-corrected chi connectivity index (χ3v) is 10.5. The molecule has 3 saturated carbocycles. The predicted molar refractivity (Wildman–Crippen MR) is 140 cm³/mol. The lowest BCUT2D eigenvalue weighted by molar-refractivity contribution is -0.212. The molecule has 6 rings (SSSR count). The van der Waals surface area contributed by atoms with Crippen molar-refractivity contribution in [3.05, 3.63) is 65.8 Å². The van der Waals surface area contributed by atoms with Gasteiger partial charge in [-0.1, -0.05) is 62.4 Å². The minimum Gasteiger partial charge on any atom is -0.344 e. The lowest BCUT2D eigenvalue weighted by atomic mass is 9.45. The van der Waals surface area contributed by atoms with E-state index in [1.54, 1.807) is 6.08 Å². The minimum absolute atomic E-state index is 0.0156. The average Bonchev–Trinajstić information content (AvgIpc) is 3.25. The number of ether oxygens (including phenoxy) is 2. The van der Waals surface area contributed by atoms with Gasteiger partial charge in [0.05, 0.1) is 6.10 Å². The van der Waals surface area contributed by atoms with Crippen molar-refractivity contribution in [2.75, 3.05) is 0 Å². The maximum atomic E-state index is 14.2. The highest BCUT2D eigenvalue weighted by molar-refractivity contribution is 6.02. The Morgan fingerprint density at radius 1 is 1.08 bits per heavy atom. The van der Waals surface area contributed by atoms with Crippen molar-refractivity contribution in [3.8, 4) is 0 Å². The molecule has 1 heterocycles. The van der Waals surface area contributed by atoms with Crippen LogP contribution in [0.1, 0.15) is 71.8 Å². The number of carbonyl (C=O) groups excluding carboxylic acids is 2. The van der Waals surface area contributed by atoms with Gasteiger partial charge in [0.25, 0.3) is 0 Å². The molecule has 7 atom stereocenters. The van der Waals surface area contributed by atoms with E-state index in [1.807, 2.05) is 56.3 Å². The molecule has 36 heavy (non-hydrogen) atoms. The van der Waals surface area contributed by atoms with Crippen molar-refractivity contribution in [1.29, 1.82) is 0 Å². The molecule has 1 aromatic rings. The third-order valence-electron chi connectivity index (χ3n) is 10.5. The van der Waals surface area contributed by atoms with Crippen LogP contribution in [0.2, 0.25) is 0 Å². The van der Waals surface area contributed by atoms with Crippen LogP contribution in [0.15, 0.2) is 60.2 Å². The van der Waals surface area contributed by atoms with E-state index in [0.29, 0.717) is 24.2 Å². The van der Waals surface area contributed by atoms with Gasteiger partial charge in [0.15, 0.2) is 23.0 Å². The molecule has 0 spiro atoms. The quantitative estimate of drug-likeness (QED) is 0.460. The summed E-state index contributed by atoms with van der Waals surface area (Å²) in [6, 6.07) is 9.96. The van der Waals surface area contributed by atoms with Crippen molar-refractivity contribution in [2.24, 2.45) is 28.6 Å². The minimum atomic E-state index is -0.988. The summed E-state index contributed by atoms with van der Waals surface area (Å²) in [5.41, 5.74) is 1.97. The number of benzene rings is 1. The summed E-state index contributed by atoms with van der Waals surface area (Å²) in [7, 11) is 0. The second-order valence-corrected chi connectivity index (χ2v) is 12.8. The maximum absolute atomic E-state index is 14.2. The van der Waals surface area contributed by atoms with Crippen LogP contribution >= 0.6 is 0 Å². The van der Waals surface area contributed by atoms with Crippen LogP contribution in [0.25, 0.3) is 6.08 Å². The largest absolute Gasteiger partial charge is 0.344 e. The summed E-state index contributed by atoms with van der Waals surface area (Å²) in [6.45, 7) is 13.0. The van der Waals surface area contributed by atoms with Crippen molar-refractivity contribution < 1.29 is 19.1 Å². The zero-order chi connectivity index (χ0) is 25.5. The second-order valence-electron chi connectivity index (χ2n) is 12.8. The maximum Gasteiger partial charge on any atom is 0.190 e. The van der Waals surface area contributed by atoms with Crippen molar-refractivity contribution >= 4 is 17.6 Å². The SMILES string of the molecule is C=C1C[C@@H]2[C@H](CC[C@@]3(C)[C@H]2C[C@@H]2OC(C)(C)O[C@]23C(=O)/C=C\c2ccccc2)[C@@]2(C)CCC(=O)C=C12. The highest BCUT2D eigenvalue weighted by Gasteiger charge is 2.75. The van der Waals surface area contributed by atoms with E-state index in [-0.39, 0.29) is 28.5 Å². The molecule has 4 nitrogen and oxygen atoms in total. The predicted octanol–water partition coefficient (Wildman–Crippen LogP) is 6.47. The fraction of sp³-hybridized carbons (Fsp3) is 0.562. The van der Waals surface area contributed by atoms with E-state index < -0.39 is 11.4 Å². The first kappa shape index (κ1) is 24.1. The molecule has 4 fully saturated rings. The summed E-state index contributed by atoms with van der Waals surface area (Å²) in [5, 5.41) is 0. The van der Waals surface area contributed by atoms with Gasteiger partial charge in [0.2, 0.25) is 0 Å². The summed E-state index contributed by atoms with van der Waals surface area (Å²) in [5.74, 6) is 0.661. The van der Waals surface area contributed by atoms with Crippen LogP contribution in [0.5, 0.6) is 0 Å². The smallest absolute Gasteiger partial charge is 0.190 e. The first-order chi connectivity index (χ1) is 17.0. The van der Waals surface area contributed by atoms with Gasteiger partial charge in [-0.25, -0.2) is 0 Å². The fourth-order valence-electron chi connectivity index (χ4n) is 8.96. The monoisotopic (exact) mass is 486 g/mol. The first-order valence-corrected chi connectivity index (χ1v) is 13.6. The number of fused-ring (bicyclic) bond motifs is 7. The summed E-state index contributed by atoms with van der Waals surface area (Å²) >= 11 is 0. The zero-order valence-electron chi connectivity index (χ0n) is 22.0. The van der Waals surface area contributed by atoms with E-state index in [2.05, 4.69) is 20.4 Å². The summed E-state index contributed by atoms with van der Waals surface area (Å²) in [4.78, 5) is 26.4. The molecule has 0 aromatic heterocycles. The van der Waals surface area contributed by atoms with Gasteiger partial charge in [0, 0.05) is 11.8 Å². The van der Waals surface area contributed by atoms with Gasteiger partial charge in [0.1, 0.15) is 0 Å². The Morgan fingerprint density at radius 3 is 2.58 bits per heavy atom. The Hall–Kier alpha value is -2.30. The Bertz CT molecular complexity index is 1190. The van der Waals surface area contributed by atoms with Crippen molar-refractivity contribution in [1.82, 2.24) is 0 Å². The van der Waals surface area contributed by atoms with Crippen molar-refractivity contribution in [2.45, 2.75) is 83.7 Å². The third kappa shape index (κ3) is 3.20. The summed E-state index contributed by atoms with van der Waals surface area (Å²) < 4.78 is 13.2. The zero-order valence-corrected chi connectivity index (χ0v) is 22.0. The molecular formula is C32H38O4. The molecular weight excluding hydrogens is 448 g/mol. The topological polar surface area (TPSA) is 52.6 Å². The lowest BCUT2D eigenvalue weighted by Gasteiger charge is -2.59. The normalized spacial score (nSPS) is 42.9. The number of rotatable bonds is 3. The van der Waals surface area contributed by atoms with E-state index in [1.165, 1.54) is 5.57 Å². The molecule has 0 N–H and O–H groups in total. The molecule has 1 saturated heterocycles. The summed E-state index contributed by atoms with van der Waals surface area (Å²) in [6.07, 6.45) is 10.4. The van der Waals surface area contributed by atoms with Gasteiger partial charge in [-0.2, -0.15) is 0 Å². The van der Waals surface area contributed by atoms with Crippen molar-refractivity contribution in [3.63, 3.8) is 0 Å². The molecule has 4 heteroatoms. The van der Waals surface area contributed by atoms with Crippen LogP contribution in [0.3, 0.4) is 0 Å². The molecule has 1 aromatic carbocycles. The number of ketones is 2. The molecule has 1 aliphatic heterocycles. The van der Waals surface area contributed by atoms with Crippen LogP contribution in [-0.2, 0) is 19.1 Å². The Morgan fingerprint density at radius 2 is 1.83 bits per heavy atom. The van der Waals surface area contributed by atoms with Gasteiger partial charge >= 0.3 is 0 Å². The Labute approximate surface area is 214 Å². The standard InChI is InChI=1S/C32H38O4/c1-20-17-23-24(30(4)15-13-22(33)18-25(20)30)14-16-31(5)26(23)19-28-32(31,36-29(2,3)35-28)27(34)12-11-21-9-7-6-8-10-21/h6-12,18,23-24,26,28H,1,13-17,19H2,2-5H3/b12-11-/t23-,24+,26+,28+,30-,31+,32-/m1/s1. The van der Waals surface area contributed by atoms with E-state index >= 15 is 0 Å². The molecule has 4 aliphatic carbocycles. The lowest BCUT2D eigenvalue weighted by Crippen LogP contribution is -2.60. The average molecular weight is 487 g/mol. The molecule has 0 bridgehead atoms. The van der Waals surface area contributed by atoms with Gasteiger partial charge in [-0.05, 0) is 92.4 Å². The van der Waals surface area contributed by atoms with E-state index in [9.17, 15) is 9.59 Å². The highest BCUT2D eigenvalue weighted by Crippen LogP contribution is 2.71. The van der Waals surface area contributed by atoms with Crippen LogP contribution < -0.4 is 0 Å². The van der Waals surface area contributed by atoms with Gasteiger partial charge < -0.3 is 9.47 Å². The molecule has 0 amide bonds.